The zero-order valence-electron chi connectivity index (χ0n) is 11.9. The van der Waals surface area contributed by atoms with Gasteiger partial charge in [-0.25, -0.2) is 4.39 Å². The molecule has 1 aromatic rings. The smallest absolute Gasteiger partial charge is 0.123 e. The molecule has 0 aromatic heterocycles. The maximum Gasteiger partial charge on any atom is 0.123 e. The molecule has 0 aliphatic carbocycles. The number of halogens is 1. The van der Waals surface area contributed by atoms with Crippen LogP contribution in [0.2, 0.25) is 0 Å². The molecule has 0 bridgehead atoms. The van der Waals surface area contributed by atoms with E-state index in [9.17, 15) is 9.50 Å². The van der Waals surface area contributed by atoms with E-state index in [1.54, 1.807) is 12.1 Å². The third kappa shape index (κ3) is 4.39. The topological polar surface area (TPSA) is 32.3 Å². The van der Waals surface area contributed by atoms with E-state index in [0.29, 0.717) is 0 Å². The summed E-state index contributed by atoms with van der Waals surface area (Å²) in [7, 11) is 0. The first-order chi connectivity index (χ1) is 8.20. The Bertz CT molecular complexity index is 367. The second kappa shape index (κ2) is 5.81. The van der Waals surface area contributed by atoms with E-state index in [0.717, 1.165) is 5.56 Å². The van der Waals surface area contributed by atoms with Gasteiger partial charge >= 0.3 is 0 Å². The van der Waals surface area contributed by atoms with Gasteiger partial charge in [0.15, 0.2) is 0 Å². The third-order valence-electron chi connectivity index (χ3n) is 2.87. The lowest BCUT2D eigenvalue weighted by molar-refractivity contribution is 0.0893. The van der Waals surface area contributed by atoms with Crippen LogP contribution in [0.15, 0.2) is 24.3 Å². The lowest BCUT2D eigenvalue weighted by atomic mass is 9.91. The number of rotatable bonds is 4. The fourth-order valence-electron chi connectivity index (χ4n) is 1.98. The molecule has 0 aliphatic rings. The second-order valence-electron chi connectivity index (χ2n) is 6.16. The molecular formula is C15H24FNO. The summed E-state index contributed by atoms with van der Waals surface area (Å²) in [5.74, 6) is 0.0000977. The van der Waals surface area contributed by atoms with Crippen LogP contribution < -0.4 is 5.32 Å². The van der Waals surface area contributed by atoms with Gasteiger partial charge in [-0.05, 0) is 44.4 Å². The number of benzene rings is 1. The highest BCUT2D eigenvalue weighted by atomic mass is 19.1. The molecule has 0 radical (unpaired) electrons. The first-order valence-electron chi connectivity index (χ1n) is 6.42. The highest BCUT2D eigenvalue weighted by Crippen LogP contribution is 2.24. The predicted octanol–water partition coefficient (Wildman–Crippen LogP) is 3.27. The van der Waals surface area contributed by atoms with Crippen LogP contribution in [0.25, 0.3) is 0 Å². The second-order valence-corrected chi connectivity index (χ2v) is 6.16. The maximum atomic E-state index is 12.9. The Morgan fingerprint density at radius 1 is 1.11 bits per heavy atom. The largest absolute Gasteiger partial charge is 0.387 e. The number of aliphatic hydroxyl groups is 1. The van der Waals surface area contributed by atoms with Crippen LogP contribution in [0, 0.1) is 11.7 Å². The Morgan fingerprint density at radius 2 is 1.61 bits per heavy atom. The average molecular weight is 253 g/mol. The Balaban J connectivity index is 2.89. The molecule has 1 rings (SSSR count). The molecule has 0 fully saturated rings. The quantitative estimate of drug-likeness (QED) is 0.863. The Hall–Kier alpha value is -0.930. The molecular weight excluding hydrogens is 229 g/mol. The molecule has 2 unspecified atom stereocenters. The first-order valence-corrected chi connectivity index (χ1v) is 6.42. The van der Waals surface area contributed by atoms with E-state index in [1.165, 1.54) is 12.1 Å². The SMILES string of the molecule is CC(C)C(NC(C)(C)C)C(O)c1ccc(F)cc1. The zero-order valence-corrected chi connectivity index (χ0v) is 11.9. The highest BCUT2D eigenvalue weighted by Gasteiger charge is 2.27. The van der Waals surface area contributed by atoms with Crippen LogP contribution in [0.1, 0.15) is 46.3 Å². The number of aliphatic hydroxyl groups excluding tert-OH is 1. The summed E-state index contributed by atoms with van der Waals surface area (Å²) in [6.45, 7) is 10.3. The summed E-state index contributed by atoms with van der Waals surface area (Å²) in [5.41, 5.74) is 0.669. The van der Waals surface area contributed by atoms with Crippen LogP contribution in [-0.4, -0.2) is 16.7 Å². The van der Waals surface area contributed by atoms with Gasteiger partial charge in [0.2, 0.25) is 0 Å². The molecule has 0 saturated heterocycles. The van der Waals surface area contributed by atoms with Crippen molar-refractivity contribution in [2.24, 2.45) is 5.92 Å². The number of nitrogens with one attached hydrogen (secondary N) is 1. The van der Waals surface area contributed by atoms with E-state index >= 15 is 0 Å². The van der Waals surface area contributed by atoms with Crippen molar-refractivity contribution < 1.29 is 9.50 Å². The first kappa shape index (κ1) is 15.1. The summed E-state index contributed by atoms with van der Waals surface area (Å²) < 4.78 is 12.9. The van der Waals surface area contributed by atoms with Crippen LogP contribution >= 0.6 is 0 Å². The molecule has 3 heteroatoms. The van der Waals surface area contributed by atoms with Crippen LogP contribution in [0.4, 0.5) is 4.39 Å². The monoisotopic (exact) mass is 253 g/mol. The molecule has 0 heterocycles. The van der Waals surface area contributed by atoms with E-state index < -0.39 is 6.10 Å². The average Bonchev–Trinajstić information content (AvgIpc) is 2.24. The minimum Gasteiger partial charge on any atom is -0.387 e. The van der Waals surface area contributed by atoms with Crippen LogP contribution in [0.5, 0.6) is 0 Å². The van der Waals surface area contributed by atoms with Crippen LogP contribution in [0.3, 0.4) is 0 Å². The number of hydrogen-bond donors (Lipinski definition) is 2. The molecule has 2 N–H and O–H groups in total. The predicted molar refractivity (Wildman–Crippen MR) is 72.9 cm³/mol. The van der Waals surface area contributed by atoms with Gasteiger partial charge < -0.3 is 10.4 Å². The molecule has 0 saturated carbocycles. The fourth-order valence-corrected chi connectivity index (χ4v) is 1.98. The standard InChI is InChI=1S/C15H24FNO/c1-10(2)13(17-15(3,4)5)14(18)11-6-8-12(16)9-7-11/h6-10,13-14,17-18H,1-5H3. The Kier molecular flexibility index (Phi) is 4.88. The summed E-state index contributed by atoms with van der Waals surface area (Å²) in [6, 6.07) is 5.98. The van der Waals surface area contributed by atoms with Gasteiger partial charge in [0.1, 0.15) is 5.82 Å². The van der Waals surface area contributed by atoms with Gasteiger partial charge in [0.25, 0.3) is 0 Å². The molecule has 102 valence electrons. The van der Waals surface area contributed by atoms with Gasteiger partial charge in [0, 0.05) is 11.6 Å². The Morgan fingerprint density at radius 3 is 2.00 bits per heavy atom. The number of hydrogen-bond acceptors (Lipinski definition) is 2. The van der Waals surface area contributed by atoms with Crippen molar-refractivity contribution in [1.29, 1.82) is 0 Å². The molecule has 0 amide bonds. The van der Waals surface area contributed by atoms with E-state index in [4.69, 9.17) is 0 Å². The summed E-state index contributed by atoms with van der Waals surface area (Å²) in [5, 5.41) is 13.8. The summed E-state index contributed by atoms with van der Waals surface area (Å²) in [4.78, 5) is 0. The van der Waals surface area contributed by atoms with Crippen molar-refractivity contribution in [3.8, 4) is 0 Å². The van der Waals surface area contributed by atoms with E-state index in [2.05, 4.69) is 39.9 Å². The highest BCUT2D eigenvalue weighted by molar-refractivity contribution is 5.20. The van der Waals surface area contributed by atoms with Crippen molar-refractivity contribution in [3.63, 3.8) is 0 Å². The van der Waals surface area contributed by atoms with Gasteiger partial charge in [-0.3, -0.25) is 0 Å². The lowest BCUT2D eigenvalue weighted by Gasteiger charge is -2.34. The molecule has 1 aromatic carbocycles. The van der Waals surface area contributed by atoms with Crippen LogP contribution in [-0.2, 0) is 0 Å². The normalized spacial score (nSPS) is 15.8. The minimum absolute atomic E-state index is 0.0598. The van der Waals surface area contributed by atoms with Gasteiger partial charge in [-0.2, -0.15) is 0 Å². The zero-order chi connectivity index (χ0) is 13.9. The van der Waals surface area contributed by atoms with Crippen molar-refractivity contribution in [3.05, 3.63) is 35.6 Å². The van der Waals surface area contributed by atoms with Gasteiger partial charge in [-0.1, -0.05) is 26.0 Å². The Labute approximate surface area is 109 Å². The van der Waals surface area contributed by atoms with Gasteiger partial charge in [0.05, 0.1) is 6.10 Å². The van der Waals surface area contributed by atoms with Crippen molar-refractivity contribution in [2.75, 3.05) is 0 Å². The molecule has 2 atom stereocenters. The van der Waals surface area contributed by atoms with Crippen molar-refractivity contribution >= 4 is 0 Å². The molecule has 18 heavy (non-hydrogen) atoms. The third-order valence-corrected chi connectivity index (χ3v) is 2.87. The van der Waals surface area contributed by atoms with E-state index in [-0.39, 0.29) is 23.3 Å². The fraction of sp³-hybridized carbons (Fsp3) is 0.600. The summed E-state index contributed by atoms with van der Waals surface area (Å²) >= 11 is 0. The molecule has 2 nitrogen and oxygen atoms in total. The van der Waals surface area contributed by atoms with E-state index in [1.807, 2.05) is 0 Å². The summed E-state index contributed by atoms with van der Waals surface area (Å²) in [6.07, 6.45) is -0.634. The minimum atomic E-state index is -0.634. The van der Waals surface area contributed by atoms with Crippen molar-refractivity contribution in [2.45, 2.75) is 52.3 Å². The van der Waals surface area contributed by atoms with Crippen molar-refractivity contribution in [1.82, 2.24) is 5.32 Å². The molecule has 0 aliphatic heterocycles. The lowest BCUT2D eigenvalue weighted by Crippen LogP contribution is -2.49. The maximum absolute atomic E-state index is 12.9. The molecule has 0 spiro atoms. The van der Waals surface area contributed by atoms with Gasteiger partial charge in [-0.15, -0.1) is 0 Å².